The molecule has 1 heterocycles. The fraction of sp³-hybridized carbons (Fsp3) is 0.200. The molecule has 3 rings (SSSR count). The Morgan fingerprint density at radius 2 is 1.84 bits per heavy atom. The van der Waals surface area contributed by atoms with Crippen molar-refractivity contribution in [2.75, 3.05) is 17.7 Å². The van der Waals surface area contributed by atoms with Crippen molar-refractivity contribution in [1.82, 2.24) is 9.97 Å². The molecule has 8 nitrogen and oxygen atoms in total. The van der Waals surface area contributed by atoms with Gasteiger partial charge in [0.15, 0.2) is 24.1 Å². The molecule has 0 amide bonds. The van der Waals surface area contributed by atoms with E-state index in [9.17, 15) is 13.0 Å². The molecule has 0 unspecified atom stereocenters. The summed E-state index contributed by atoms with van der Waals surface area (Å²) in [6.07, 6.45) is 1.40. The molecule has 11 heteroatoms. The van der Waals surface area contributed by atoms with E-state index in [0.717, 1.165) is 0 Å². The van der Waals surface area contributed by atoms with Gasteiger partial charge in [0.1, 0.15) is 10.8 Å². The molecule has 2 N–H and O–H groups in total. The van der Waals surface area contributed by atoms with Crippen LogP contribution in [0, 0.1) is 0 Å². The van der Waals surface area contributed by atoms with Gasteiger partial charge in [0.05, 0.1) is 34.8 Å². The minimum Gasteiger partial charge on any atom is -0.495 e. The van der Waals surface area contributed by atoms with Crippen LogP contribution in [0.25, 0.3) is 0 Å². The molecular formula is C20H20ClN4O4PS. The quantitative estimate of drug-likeness (QED) is 0.447. The van der Waals surface area contributed by atoms with Crippen molar-refractivity contribution in [3.05, 3.63) is 53.7 Å². The van der Waals surface area contributed by atoms with Gasteiger partial charge in [0.25, 0.3) is 0 Å². The van der Waals surface area contributed by atoms with Crippen LogP contribution >= 0.6 is 20.1 Å². The van der Waals surface area contributed by atoms with Crippen molar-refractivity contribution in [2.24, 2.45) is 0 Å². The second-order valence-corrected chi connectivity index (χ2v) is 10.3. The number of halogens is 1. The highest BCUT2D eigenvalue weighted by molar-refractivity contribution is 7.92. The first-order chi connectivity index (χ1) is 14.8. The number of ether oxygens (including phenoxy) is 1. The zero-order valence-corrected chi connectivity index (χ0v) is 19.4. The van der Waals surface area contributed by atoms with E-state index in [4.69, 9.17) is 16.3 Å². The first kappa shape index (κ1) is 22.9. The third-order valence-electron chi connectivity index (χ3n) is 4.35. The summed E-state index contributed by atoms with van der Waals surface area (Å²) in [5.74, 6) is 0.906. The first-order valence-corrected chi connectivity index (χ1v) is 11.9. The highest BCUT2D eigenvalue weighted by Crippen LogP contribution is 2.31. The maximum absolute atomic E-state index is 12.7. The van der Waals surface area contributed by atoms with Crippen LogP contribution in [0.2, 0.25) is 5.02 Å². The van der Waals surface area contributed by atoms with Crippen molar-refractivity contribution in [3.8, 4) is 5.75 Å². The zero-order chi connectivity index (χ0) is 22.6. The van der Waals surface area contributed by atoms with Crippen LogP contribution in [0.3, 0.4) is 0 Å². The SMILES string of the molecule is COc1cc(P=O)ccc1Nc1ncc(Cl)c(Nc2ccccc2S(=O)(=O)C(C)C)n1. The number of aromatic nitrogens is 2. The van der Waals surface area contributed by atoms with Crippen LogP contribution < -0.4 is 20.7 Å². The van der Waals surface area contributed by atoms with Gasteiger partial charge in [0, 0.05) is 5.30 Å². The topological polar surface area (TPSA) is 110 Å². The van der Waals surface area contributed by atoms with Crippen molar-refractivity contribution in [3.63, 3.8) is 0 Å². The number of hydrogen-bond donors (Lipinski definition) is 2. The Labute approximate surface area is 187 Å². The number of benzene rings is 2. The maximum atomic E-state index is 12.7. The zero-order valence-electron chi connectivity index (χ0n) is 17.0. The van der Waals surface area contributed by atoms with Crippen LogP contribution in [0.1, 0.15) is 13.8 Å². The van der Waals surface area contributed by atoms with Crippen molar-refractivity contribution in [2.45, 2.75) is 24.0 Å². The van der Waals surface area contributed by atoms with Crippen LogP contribution in [-0.2, 0) is 14.4 Å². The Bertz CT molecular complexity index is 1220. The summed E-state index contributed by atoms with van der Waals surface area (Å²) in [6, 6.07) is 11.5. The van der Waals surface area contributed by atoms with Gasteiger partial charge in [0.2, 0.25) is 5.95 Å². The summed E-state index contributed by atoms with van der Waals surface area (Å²) >= 11 is 6.25. The number of nitrogens with one attached hydrogen (secondary N) is 2. The molecule has 0 saturated carbocycles. The molecule has 0 aliphatic rings. The Balaban J connectivity index is 1.95. The normalized spacial score (nSPS) is 11.5. The molecule has 31 heavy (non-hydrogen) atoms. The lowest BCUT2D eigenvalue weighted by atomic mass is 10.3. The summed E-state index contributed by atoms with van der Waals surface area (Å²) in [6.45, 7) is 3.24. The van der Waals surface area contributed by atoms with Crippen LogP contribution in [0.5, 0.6) is 5.75 Å². The molecular weight excluding hydrogens is 459 g/mol. The fourth-order valence-corrected chi connectivity index (χ4v) is 4.32. The number of anilines is 4. The lowest BCUT2D eigenvalue weighted by molar-refractivity contribution is 0.417. The lowest BCUT2D eigenvalue weighted by Crippen LogP contribution is -2.15. The van der Waals surface area contributed by atoms with Crippen molar-refractivity contribution >= 4 is 58.3 Å². The molecule has 0 spiro atoms. The standard InChI is InChI=1S/C20H20ClN4O4PS/c1-12(2)31(27,28)18-7-5-4-6-16(18)23-19-14(21)11-22-20(25-19)24-15-9-8-13(30-26)10-17(15)29-3/h4-12H,1-3H3,(H2,22,23,24,25). The van der Waals surface area contributed by atoms with Gasteiger partial charge in [-0.1, -0.05) is 23.7 Å². The Hall–Kier alpha value is -2.74. The van der Waals surface area contributed by atoms with Gasteiger partial charge in [-0.25, -0.2) is 13.4 Å². The smallest absolute Gasteiger partial charge is 0.229 e. The van der Waals surface area contributed by atoms with E-state index in [0.29, 0.717) is 22.4 Å². The number of rotatable bonds is 8. The van der Waals surface area contributed by atoms with E-state index in [-0.39, 0.29) is 30.1 Å². The summed E-state index contributed by atoms with van der Waals surface area (Å²) in [5.41, 5.74) is 0.921. The highest BCUT2D eigenvalue weighted by atomic mass is 35.5. The number of sulfone groups is 1. The first-order valence-electron chi connectivity index (χ1n) is 9.17. The van der Waals surface area contributed by atoms with Crippen molar-refractivity contribution in [1.29, 1.82) is 0 Å². The van der Waals surface area contributed by atoms with Crippen LogP contribution in [0.15, 0.2) is 53.6 Å². The second-order valence-electron chi connectivity index (χ2n) is 6.71. The lowest BCUT2D eigenvalue weighted by Gasteiger charge is -2.15. The predicted molar refractivity (Wildman–Crippen MR) is 123 cm³/mol. The minimum atomic E-state index is -3.52. The number of para-hydroxylation sites is 1. The third-order valence-corrected chi connectivity index (χ3v) is 7.32. The summed E-state index contributed by atoms with van der Waals surface area (Å²) in [4.78, 5) is 8.69. The number of methoxy groups -OCH3 is 1. The highest BCUT2D eigenvalue weighted by Gasteiger charge is 2.23. The summed E-state index contributed by atoms with van der Waals surface area (Å²) in [7, 11) is -2.15. The van der Waals surface area contributed by atoms with E-state index in [1.807, 2.05) is 0 Å². The third kappa shape index (κ3) is 5.12. The molecule has 0 aliphatic heterocycles. The number of hydrogen-bond acceptors (Lipinski definition) is 8. The van der Waals surface area contributed by atoms with Gasteiger partial charge in [-0.15, -0.1) is 0 Å². The van der Waals surface area contributed by atoms with Crippen LogP contribution in [0.4, 0.5) is 23.1 Å². The molecule has 0 aliphatic carbocycles. The van der Waals surface area contributed by atoms with E-state index < -0.39 is 15.1 Å². The Morgan fingerprint density at radius 1 is 1.10 bits per heavy atom. The molecule has 1 aromatic heterocycles. The van der Waals surface area contributed by atoms with E-state index in [1.165, 1.54) is 19.4 Å². The molecule has 162 valence electrons. The summed E-state index contributed by atoms with van der Waals surface area (Å²) in [5, 5.41) is 6.21. The fourth-order valence-electron chi connectivity index (χ4n) is 2.67. The average molecular weight is 479 g/mol. The van der Waals surface area contributed by atoms with E-state index in [2.05, 4.69) is 20.6 Å². The molecule has 0 radical (unpaired) electrons. The Kier molecular flexibility index (Phi) is 7.10. The van der Waals surface area contributed by atoms with Crippen molar-refractivity contribution < 1.29 is 17.7 Å². The molecule has 0 atom stereocenters. The monoisotopic (exact) mass is 478 g/mol. The summed E-state index contributed by atoms with van der Waals surface area (Å²) < 4.78 is 41.8. The van der Waals surface area contributed by atoms with Gasteiger partial charge < -0.3 is 15.4 Å². The molecule has 3 aromatic rings. The largest absolute Gasteiger partial charge is 0.495 e. The van der Waals surface area contributed by atoms with E-state index in [1.54, 1.807) is 50.2 Å². The van der Waals surface area contributed by atoms with Gasteiger partial charge in [-0.05, 0) is 44.2 Å². The average Bonchev–Trinajstić information content (AvgIpc) is 2.76. The molecule has 0 fully saturated rings. The second kappa shape index (κ2) is 9.60. The molecule has 0 bridgehead atoms. The predicted octanol–water partition coefficient (Wildman–Crippen LogP) is 4.72. The van der Waals surface area contributed by atoms with Gasteiger partial charge in [-0.3, -0.25) is 4.57 Å². The number of nitrogens with zero attached hydrogens (tertiary/aromatic N) is 2. The van der Waals surface area contributed by atoms with E-state index >= 15 is 0 Å². The van der Waals surface area contributed by atoms with Crippen LogP contribution in [-0.4, -0.2) is 30.7 Å². The maximum Gasteiger partial charge on any atom is 0.229 e. The Morgan fingerprint density at radius 3 is 2.52 bits per heavy atom. The minimum absolute atomic E-state index is 0.121. The molecule has 2 aromatic carbocycles. The molecule has 0 saturated heterocycles. The van der Waals surface area contributed by atoms with Gasteiger partial charge in [-0.2, -0.15) is 4.98 Å². The van der Waals surface area contributed by atoms with Gasteiger partial charge >= 0.3 is 0 Å².